The molecule has 1 aliphatic carbocycles. The molecule has 0 aromatic heterocycles. The van der Waals surface area contributed by atoms with Gasteiger partial charge in [0.1, 0.15) is 5.82 Å². The number of carboxylic acid groups (broad SMARTS) is 1. The number of halogens is 2. The molecule has 2 N–H and O–H groups in total. The maximum atomic E-state index is 13.1. The Kier molecular flexibility index (Phi) is 5.33. The van der Waals surface area contributed by atoms with Crippen LogP contribution in [0.3, 0.4) is 0 Å². The van der Waals surface area contributed by atoms with Crippen LogP contribution in [0.25, 0.3) is 0 Å². The molecule has 1 aliphatic rings. The van der Waals surface area contributed by atoms with Gasteiger partial charge in [-0.25, -0.2) is 4.39 Å². The number of rotatable bonds is 4. The fourth-order valence-corrected chi connectivity index (χ4v) is 3.12. The molecule has 2 unspecified atom stereocenters. The van der Waals surface area contributed by atoms with Crippen LogP contribution in [-0.2, 0) is 4.79 Å². The first-order valence-corrected chi connectivity index (χ1v) is 7.74. The summed E-state index contributed by atoms with van der Waals surface area (Å²) in [6.45, 7) is 0.338. The van der Waals surface area contributed by atoms with Crippen molar-refractivity contribution in [2.45, 2.75) is 25.7 Å². The highest BCUT2D eigenvalue weighted by Gasteiger charge is 2.30. The van der Waals surface area contributed by atoms with Gasteiger partial charge in [0.15, 0.2) is 0 Å². The smallest absolute Gasteiger partial charge is 0.306 e. The maximum Gasteiger partial charge on any atom is 0.306 e. The van der Waals surface area contributed by atoms with Crippen molar-refractivity contribution in [3.05, 3.63) is 34.1 Å². The molecule has 1 aromatic carbocycles. The second-order valence-electron chi connectivity index (χ2n) is 5.33. The van der Waals surface area contributed by atoms with Gasteiger partial charge in [-0.15, -0.1) is 0 Å². The van der Waals surface area contributed by atoms with Gasteiger partial charge in [-0.3, -0.25) is 9.59 Å². The molecular formula is C15H17BrFNO3. The minimum Gasteiger partial charge on any atom is -0.481 e. The number of hydrogen-bond acceptors (Lipinski definition) is 2. The minimum atomic E-state index is -0.793. The first-order valence-electron chi connectivity index (χ1n) is 6.95. The van der Waals surface area contributed by atoms with Crippen molar-refractivity contribution in [3.63, 3.8) is 0 Å². The summed E-state index contributed by atoms with van der Waals surface area (Å²) in [5, 5.41) is 12.0. The van der Waals surface area contributed by atoms with Crippen LogP contribution in [0.2, 0.25) is 0 Å². The molecule has 0 aliphatic heterocycles. The fourth-order valence-electron chi connectivity index (χ4n) is 2.74. The van der Waals surface area contributed by atoms with E-state index >= 15 is 0 Å². The van der Waals surface area contributed by atoms with Gasteiger partial charge >= 0.3 is 5.97 Å². The van der Waals surface area contributed by atoms with Gasteiger partial charge in [0.05, 0.1) is 10.4 Å². The topological polar surface area (TPSA) is 66.4 Å². The molecule has 0 saturated heterocycles. The lowest BCUT2D eigenvalue weighted by Gasteiger charge is -2.28. The predicted octanol–water partition coefficient (Wildman–Crippen LogP) is 3.21. The third-order valence-electron chi connectivity index (χ3n) is 3.93. The van der Waals surface area contributed by atoms with E-state index in [1.54, 1.807) is 0 Å². The highest BCUT2D eigenvalue weighted by Crippen LogP contribution is 2.29. The van der Waals surface area contributed by atoms with Gasteiger partial charge in [0, 0.05) is 12.1 Å². The predicted molar refractivity (Wildman–Crippen MR) is 79.5 cm³/mol. The largest absolute Gasteiger partial charge is 0.481 e. The minimum absolute atomic E-state index is 0.0379. The van der Waals surface area contributed by atoms with Crippen LogP contribution in [0.1, 0.15) is 36.0 Å². The van der Waals surface area contributed by atoms with Crippen LogP contribution in [0.4, 0.5) is 4.39 Å². The molecule has 2 atom stereocenters. The summed E-state index contributed by atoms with van der Waals surface area (Å²) in [5.41, 5.74) is 0.353. The molecule has 0 spiro atoms. The molecule has 1 fully saturated rings. The van der Waals surface area contributed by atoms with Crippen LogP contribution in [0.5, 0.6) is 0 Å². The molecule has 4 nitrogen and oxygen atoms in total. The van der Waals surface area contributed by atoms with E-state index in [2.05, 4.69) is 21.2 Å². The third kappa shape index (κ3) is 4.03. The zero-order valence-electron chi connectivity index (χ0n) is 11.4. The number of hydrogen-bond donors (Lipinski definition) is 2. The summed E-state index contributed by atoms with van der Waals surface area (Å²) in [7, 11) is 0. The van der Waals surface area contributed by atoms with Crippen molar-refractivity contribution in [2.24, 2.45) is 11.8 Å². The maximum absolute atomic E-state index is 13.1. The quantitative estimate of drug-likeness (QED) is 0.869. The highest BCUT2D eigenvalue weighted by molar-refractivity contribution is 9.10. The second kappa shape index (κ2) is 7.02. The van der Waals surface area contributed by atoms with Crippen molar-refractivity contribution in [3.8, 4) is 0 Å². The molecule has 1 amide bonds. The number of amides is 1. The van der Waals surface area contributed by atoms with Crippen LogP contribution in [0.15, 0.2) is 22.7 Å². The van der Waals surface area contributed by atoms with Crippen molar-refractivity contribution in [1.29, 1.82) is 0 Å². The molecule has 1 saturated carbocycles. The average molecular weight is 358 g/mol. The lowest BCUT2D eigenvalue weighted by Crippen LogP contribution is -2.37. The van der Waals surface area contributed by atoms with E-state index < -0.39 is 11.8 Å². The Labute approximate surface area is 130 Å². The Hall–Kier alpha value is -1.43. The normalized spacial score (nSPS) is 21.8. The summed E-state index contributed by atoms with van der Waals surface area (Å²) in [6, 6.07) is 4.05. The molecule has 0 radical (unpaired) electrons. The lowest BCUT2D eigenvalue weighted by molar-refractivity contribution is -0.144. The van der Waals surface area contributed by atoms with Gasteiger partial charge < -0.3 is 10.4 Å². The number of carbonyl (C=O) groups is 2. The number of benzene rings is 1. The van der Waals surface area contributed by atoms with Crippen molar-refractivity contribution < 1.29 is 19.1 Å². The SMILES string of the molecule is O=C(NCC1CCCCC1C(=O)O)c1ccc(F)c(Br)c1. The average Bonchev–Trinajstić information content (AvgIpc) is 2.47. The summed E-state index contributed by atoms with van der Waals surface area (Å²) < 4.78 is 13.4. The van der Waals surface area contributed by atoms with E-state index in [0.717, 1.165) is 19.3 Å². The Balaban J connectivity index is 1.96. The summed E-state index contributed by atoms with van der Waals surface area (Å²) >= 11 is 3.04. The zero-order valence-corrected chi connectivity index (χ0v) is 13.0. The monoisotopic (exact) mass is 357 g/mol. The van der Waals surface area contributed by atoms with Crippen LogP contribution in [0, 0.1) is 17.7 Å². The molecule has 0 bridgehead atoms. The summed E-state index contributed by atoms with van der Waals surface area (Å²) in [4.78, 5) is 23.2. The van der Waals surface area contributed by atoms with Crippen molar-refractivity contribution in [1.82, 2.24) is 5.32 Å². The molecule has 6 heteroatoms. The van der Waals surface area contributed by atoms with Gasteiger partial charge in [-0.1, -0.05) is 12.8 Å². The Bertz CT molecular complexity index is 550. The van der Waals surface area contributed by atoms with Gasteiger partial charge in [0.25, 0.3) is 5.91 Å². The molecule has 2 rings (SSSR count). The Morgan fingerprint density at radius 2 is 2.05 bits per heavy atom. The fraction of sp³-hybridized carbons (Fsp3) is 0.467. The number of aliphatic carboxylic acids is 1. The summed E-state index contributed by atoms with van der Waals surface area (Å²) in [5.74, 6) is -1.96. The number of carbonyl (C=O) groups excluding carboxylic acids is 1. The third-order valence-corrected chi connectivity index (χ3v) is 4.54. The molecule has 1 aromatic rings. The number of nitrogens with one attached hydrogen (secondary N) is 1. The Morgan fingerprint density at radius 3 is 2.71 bits per heavy atom. The standard InChI is InChI=1S/C15H17BrFNO3/c16-12-7-9(5-6-13(12)17)14(19)18-8-10-3-1-2-4-11(10)15(20)21/h5-7,10-11H,1-4,8H2,(H,18,19)(H,20,21). The first kappa shape index (κ1) is 15.9. The van der Waals surface area contributed by atoms with Crippen LogP contribution in [-0.4, -0.2) is 23.5 Å². The van der Waals surface area contributed by atoms with Crippen LogP contribution >= 0.6 is 15.9 Å². The zero-order chi connectivity index (χ0) is 15.4. The molecule has 114 valence electrons. The molecule has 21 heavy (non-hydrogen) atoms. The van der Waals surface area contributed by atoms with Gasteiger partial charge in [-0.05, 0) is 52.9 Å². The summed E-state index contributed by atoms with van der Waals surface area (Å²) in [6.07, 6.45) is 3.39. The Morgan fingerprint density at radius 1 is 1.33 bits per heavy atom. The van der Waals surface area contributed by atoms with Crippen molar-refractivity contribution in [2.75, 3.05) is 6.54 Å². The van der Waals surface area contributed by atoms with E-state index in [4.69, 9.17) is 0 Å². The van der Waals surface area contributed by atoms with E-state index in [0.29, 0.717) is 18.5 Å². The van der Waals surface area contributed by atoms with E-state index in [-0.39, 0.29) is 22.2 Å². The molecule has 0 heterocycles. The first-order chi connectivity index (χ1) is 9.99. The van der Waals surface area contributed by atoms with Gasteiger partial charge in [-0.2, -0.15) is 0 Å². The van der Waals surface area contributed by atoms with E-state index in [9.17, 15) is 19.1 Å². The van der Waals surface area contributed by atoms with Crippen LogP contribution < -0.4 is 5.32 Å². The highest BCUT2D eigenvalue weighted by atomic mass is 79.9. The van der Waals surface area contributed by atoms with Crippen molar-refractivity contribution >= 4 is 27.8 Å². The van der Waals surface area contributed by atoms with E-state index in [1.807, 2.05) is 0 Å². The lowest BCUT2D eigenvalue weighted by atomic mass is 9.79. The second-order valence-corrected chi connectivity index (χ2v) is 6.18. The number of carboxylic acids is 1. The molecular weight excluding hydrogens is 341 g/mol. The van der Waals surface area contributed by atoms with E-state index in [1.165, 1.54) is 18.2 Å². The van der Waals surface area contributed by atoms with Gasteiger partial charge in [0.2, 0.25) is 0 Å².